The van der Waals surface area contributed by atoms with Crippen molar-refractivity contribution in [2.24, 2.45) is 12.5 Å². The third-order valence-corrected chi connectivity index (χ3v) is 3.05. The Kier molecular flexibility index (Phi) is 3.24. The van der Waals surface area contributed by atoms with Crippen LogP contribution < -0.4 is 0 Å². The highest BCUT2D eigenvalue weighted by molar-refractivity contribution is 6.06. The van der Waals surface area contributed by atoms with Crippen LogP contribution in [0.3, 0.4) is 0 Å². The highest BCUT2D eigenvalue weighted by Crippen LogP contribution is 2.24. The van der Waals surface area contributed by atoms with Crippen LogP contribution >= 0.6 is 0 Å². The number of carbonyl (C=O) groups is 1. The molecule has 0 N–H and O–H groups in total. The molecule has 2 aromatic rings. The lowest BCUT2D eigenvalue weighted by Crippen LogP contribution is -2.09. The van der Waals surface area contributed by atoms with Crippen molar-refractivity contribution in [3.63, 3.8) is 0 Å². The van der Waals surface area contributed by atoms with Gasteiger partial charge in [0.1, 0.15) is 5.52 Å². The van der Waals surface area contributed by atoms with Crippen molar-refractivity contribution >= 4 is 16.7 Å². The molecule has 96 valence electrons. The summed E-state index contributed by atoms with van der Waals surface area (Å²) in [7, 11) is 1.88. The zero-order valence-electron chi connectivity index (χ0n) is 11.5. The number of nitrogens with zero attached hydrogens (tertiary/aromatic N) is 2. The van der Waals surface area contributed by atoms with Gasteiger partial charge in [0.15, 0.2) is 5.78 Å². The molecule has 0 fully saturated rings. The summed E-state index contributed by atoms with van der Waals surface area (Å²) >= 11 is 0. The van der Waals surface area contributed by atoms with Gasteiger partial charge in [-0.2, -0.15) is 5.10 Å². The first kappa shape index (κ1) is 12.8. The number of carbonyl (C=O) groups excluding carboxylic acids is 1. The minimum Gasteiger partial charge on any atom is -0.294 e. The maximum atomic E-state index is 12.3. The van der Waals surface area contributed by atoms with E-state index < -0.39 is 0 Å². The minimum atomic E-state index is 0.188. The lowest BCUT2D eigenvalue weighted by atomic mass is 9.88. The zero-order chi connectivity index (χ0) is 13.3. The van der Waals surface area contributed by atoms with E-state index in [-0.39, 0.29) is 11.2 Å². The van der Waals surface area contributed by atoms with Crippen LogP contribution in [0.25, 0.3) is 10.9 Å². The minimum absolute atomic E-state index is 0.188. The van der Waals surface area contributed by atoms with Gasteiger partial charge in [-0.05, 0) is 17.9 Å². The van der Waals surface area contributed by atoms with Gasteiger partial charge < -0.3 is 0 Å². The number of aromatic nitrogens is 2. The Labute approximate surface area is 108 Å². The number of rotatable bonds is 3. The number of benzene rings is 1. The molecule has 1 aromatic carbocycles. The van der Waals surface area contributed by atoms with Crippen molar-refractivity contribution in [3.8, 4) is 0 Å². The van der Waals surface area contributed by atoms with Crippen LogP contribution in [0.5, 0.6) is 0 Å². The molecule has 0 amide bonds. The number of ketones is 1. The molecule has 0 unspecified atom stereocenters. The average molecular weight is 244 g/mol. The van der Waals surface area contributed by atoms with Gasteiger partial charge in [0.25, 0.3) is 0 Å². The van der Waals surface area contributed by atoms with Gasteiger partial charge in [0.05, 0.1) is 0 Å². The maximum absolute atomic E-state index is 12.3. The summed E-state index contributed by atoms with van der Waals surface area (Å²) in [5.74, 6) is 0.189. The van der Waals surface area contributed by atoms with E-state index in [1.807, 2.05) is 31.4 Å². The first-order valence-electron chi connectivity index (χ1n) is 6.32. The standard InChI is InChI=1S/C15H20N2O/c1-15(2,3)9-8-13(18)12-7-5-6-11-10-17(4)16-14(11)12/h5-7,10H,8-9H2,1-4H3. The van der Waals surface area contributed by atoms with E-state index in [4.69, 9.17) is 0 Å². The lowest BCUT2D eigenvalue weighted by Gasteiger charge is -2.17. The monoisotopic (exact) mass is 244 g/mol. The molecule has 0 aliphatic carbocycles. The number of Topliss-reactive ketones (excluding diaryl/α,β-unsaturated/α-hetero) is 1. The summed E-state index contributed by atoms with van der Waals surface area (Å²) < 4.78 is 1.76. The van der Waals surface area contributed by atoms with Gasteiger partial charge in [-0.25, -0.2) is 0 Å². The molecule has 3 heteroatoms. The number of fused-ring (bicyclic) bond motifs is 1. The van der Waals surface area contributed by atoms with Gasteiger partial charge in [-0.3, -0.25) is 9.48 Å². The Morgan fingerprint density at radius 3 is 2.72 bits per heavy atom. The second-order valence-corrected chi connectivity index (χ2v) is 6.03. The summed E-state index contributed by atoms with van der Waals surface area (Å²) in [5.41, 5.74) is 1.75. The molecule has 0 aliphatic heterocycles. The summed E-state index contributed by atoms with van der Waals surface area (Å²) in [5, 5.41) is 5.40. The van der Waals surface area contributed by atoms with E-state index in [0.29, 0.717) is 6.42 Å². The quantitative estimate of drug-likeness (QED) is 0.773. The lowest BCUT2D eigenvalue weighted by molar-refractivity contribution is 0.0967. The number of hydrogen-bond donors (Lipinski definition) is 0. The van der Waals surface area contributed by atoms with Crippen molar-refractivity contribution in [1.82, 2.24) is 9.78 Å². The number of hydrogen-bond acceptors (Lipinski definition) is 2. The molecule has 0 aliphatic rings. The molecule has 3 nitrogen and oxygen atoms in total. The van der Waals surface area contributed by atoms with Crippen LogP contribution in [0.15, 0.2) is 24.4 Å². The second kappa shape index (κ2) is 4.56. The Bertz CT molecular complexity index is 576. The summed E-state index contributed by atoms with van der Waals surface area (Å²) in [6, 6.07) is 5.79. The zero-order valence-corrected chi connectivity index (χ0v) is 11.5. The summed E-state index contributed by atoms with van der Waals surface area (Å²) in [6.07, 6.45) is 3.42. The van der Waals surface area contributed by atoms with E-state index in [1.165, 1.54) is 0 Å². The maximum Gasteiger partial charge on any atom is 0.165 e. The normalized spacial score (nSPS) is 12.0. The number of aryl methyl sites for hydroxylation is 1. The second-order valence-electron chi connectivity index (χ2n) is 6.03. The van der Waals surface area contributed by atoms with E-state index >= 15 is 0 Å². The largest absolute Gasteiger partial charge is 0.294 e. The van der Waals surface area contributed by atoms with Crippen LogP contribution in [-0.2, 0) is 7.05 Å². The third kappa shape index (κ3) is 2.78. The summed E-state index contributed by atoms with van der Waals surface area (Å²) in [6.45, 7) is 6.46. The van der Waals surface area contributed by atoms with Crippen molar-refractivity contribution in [3.05, 3.63) is 30.0 Å². The van der Waals surface area contributed by atoms with Crippen molar-refractivity contribution in [2.45, 2.75) is 33.6 Å². The predicted octanol–water partition coefficient (Wildman–Crippen LogP) is 3.58. The molecule has 0 saturated heterocycles. The van der Waals surface area contributed by atoms with Crippen molar-refractivity contribution in [1.29, 1.82) is 0 Å². The van der Waals surface area contributed by atoms with E-state index in [2.05, 4.69) is 25.9 Å². The first-order valence-corrected chi connectivity index (χ1v) is 6.32. The van der Waals surface area contributed by atoms with Crippen LogP contribution in [0.1, 0.15) is 44.0 Å². The fourth-order valence-corrected chi connectivity index (χ4v) is 2.01. The van der Waals surface area contributed by atoms with Gasteiger partial charge in [-0.15, -0.1) is 0 Å². The molecule has 0 saturated carbocycles. The molecular weight excluding hydrogens is 224 g/mol. The van der Waals surface area contributed by atoms with Crippen molar-refractivity contribution in [2.75, 3.05) is 0 Å². The molecule has 18 heavy (non-hydrogen) atoms. The summed E-state index contributed by atoms with van der Waals surface area (Å²) in [4.78, 5) is 12.3. The molecule has 0 spiro atoms. The average Bonchev–Trinajstić information content (AvgIpc) is 2.64. The highest BCUT2D eigenvalue weighted by atomic mass is 16.1. The molecule has 0 bridgehead atoms. The van der Waals surface area contributed by atoms with Crippen molar-refractivity contribution < 1.29 is 4.79 Å². The fourth-order valence-electron chi connectivity index (χ4n) is 2.01. The fraction of sp³-hybridized carbons (Fsp3) is 0.467. The third-order valence-electron chi connectivity index (χ3n) is 3.05. The van der Waals surface area contributed by atoms with Gasteiger partial charge in [0.2, 0.25) is 0 Å². The van der Waals surface area contributed by atoms with E-state index in [9.17, 15) is 4.79 Å². The SMILES string of the molecule is Cn1cc2cccc(C(=O)CCC(C)(C)C)c2n1. The molecule has 0 atom stereocenters. The Balaban J connectivity index is 2.27. The molecular formula is C15H20N2O. The molecule has 1 heterocycles. The topological polar surface area (TPSA) is 34.9 Å². The molecule has 2 rings (SSSR count). The van der Waals surface area contributed by atoms with Crippen LogP contribution in [0, 0.1) is 5.41 Å². The van der Waals surface area contributed by atoms with Crippen LogP contribution in [0.2, 0.25) is 0 Å². The van der Waals surface area contributed by atoms with Gasteiger partial charge in [0, 0.05) is 30.6 Å². The van der Waals surface area contributed by atoms with Gasteiger partial charge >= 0.3 is 0 Å². The Morgan fingerprint density at radius 2 is 2.06 bits per heavy atom. The van der Waals surface area contributed by atoms with Crippen LogP contribution in [-0.4, -0.2) is 15.6 Å². The first-order chi connectivity index (χ1) is 8.37. The highest BCUT2D eigenvalue weighted by Gasteiger charge is 2.16. The molecule has 1 aromatic heterocycles. The predicted molar refractivity (Wildman–Crippen MR) is 73.7 cm³/mol. The molecule has 0 radical (unpaired) electrons. The van der Waals surface area contributed by atoms with E-state index in [0.717, 1.165) is 22.9 Å². The Morgan fingerprint density at radius 1 is 1.33 bits per heavy atom. The van der Waals surface area contributed by atoms with Crippen LogP contribution in [0.4, 0.5) is 0 Å². The Hall–Kier alpha value is -1.64. The smallest absolute Gasteiger partial charge is 0.165 e. The van der Waals surface area contributed by atoms with Gasteiger partial charge in [-0.1, -0.05) is 32.9 Å². The van der Waals surface area contributed by atoms with E-state index in [1.54, 1.807) is 4.68 Å².